The zero-order valence-electron chi connectivity index (χ0n) is 11.1. The van der Waals surface area contributed by atoms with Crippen LogP contribution in [0, 0.1) is 0 Å². The van der Waals surface area contributed by atoms with Gasteiger partial charge in [0.15, 0.2) is 5.82 Å². The molecule has 100 valence electrons. The Kier molecular flexibility index (Phi) is 2.30. The van der Waals surface area contributed by atoms with Crippen molar-refractivity contribution in [2.24, 2.45) is 7.05 Å². The first kappa shape index (κ1) is 10.9. The predicted molar refractivity (Wildman–Crippen MR) is 73.5 cm³/mol. The number of hydrogen-bond donors (Lipinski definition) is 2. The number of fused-ring (bicyclic) bond motifs is 3. The van der Waals surface area contributed by atoms with Crippen LogP contribution in [0.3, 0.4) is 0 Å². The van der Waals surface area contributed by atoms with Gasteiger partial charge < -0.3 is 10.6 Å². The maximum absolute atomic E-state index is 4.77. The molecule has 0 aliphatic carbocycles. The van der Waals surface area contributed by atoms with Crippen molar-refractivity contribution >= 4 is 11.6 Å². The quantitative estimate of drug-likeness (QED) is 0.811. The van der Waals surface area contributed by atoms with Crippen LogP contribution in [0.2, 0.25) is 0 Å². The van der Waals surface area contributed by atoms with Gasteiger partial charge in [0.2, 0.25) is 0 Å². The lowest BCUT2D eigenvalue weighted by Gasteiger charge is -2.26. The van der Waals surface area contributed by atoms with E-state index in [1.165, 1.54) is 23.5 Å². The lowest BCUT2D eigenvalue weighted by atomic mass is 10.1. The van der Waals surface area contributed by atoms with E-state index in [0.717, 1.165) is 31.7 Å². The molecular weight excluding hydrogens is 240 g/mol. The molecule has 0 spiro atoms. The summed E-state index contributed by atoms with van der Waals surface area (Å²) in [6.45, 7) is 2.02. The van der Waals surface area contributed by atoms with Gasteiger partial charge in [-0.25, -0.2) is 4.68 Å². The maximum atomic E-state index is 4.77. The molecule has 4 rings (SSSR count). The molecular formula is C13H18N6. The van der Waals surface area contributed by atoms with E-state index in [1.54, 1.807) is 0 Å². The number of aromatic nitrogens is 4. The van der Waals surface area contributed by atoms with Crippen LogP contribution in [-0.2, 0) is 13.5 Å². The minimum Gasteiger partial charge on any atom is -0.370 e. The molecule has 1 unspecified atom stereocenters. The maximum Gasteiger partial charge on any atom is 0.153 e. The second kappa shape index (κ2) is 4.01. The Bertz CT molecular complexity index is 611. The first-order chi connectivity index (χ1) is 9.34. The highest BCUT2D eigenvalue weighted by molar-refractivity contribution is 5.61. The van der Waals surface area contributed by atoms with Crippen LogP contribution in [0.25, 0.3) is 0 Å². The average molecular weight is 258 g/mol. The van der Waals surface area contributed by atoms with Gasteiger partial charge in [0.25, 0.3) is 0 Å². The smallest absolute Gasteiger partial charge is 0.153 e. The summed E-state index contributed by atoms with van der Waals surface area (Å²) in [5.41, 5.74) is 2.57. The van der Waals surface area contributed by atoms with Gasteiger partial charge in [0, 0.05) is 31.9 Å². The van der Waals surface area contributed by atoms with Crippen molar-refractivity contribution in [1.29, 1.82) is 0 Å². The summed E-state index contributed by atoms with van der Waals surface area (Å²) in [5.74, 6) is 2.25. The van der Waals surface area contributed by atoms with E-state index < -0.39 is 0 Å². The zero-order chi connectivity index (χ0) is 12.8. The van der Waals surface area contributed by atoms with Crippen molar-refractivity contribution in [1.82, 2.24) is 19.6 Å². The van der Waals surface area contributed by atoms with Crippen LogP contribution in [0.4, 0.5) is 11.6 Å². The molecule has 4 heterocycles. The van der Waals surface area contributed by atoms with Crippen molar-refractivity contribution in [3.63, 3.8) is 0 Å². The van der Waals surface area contributed by atoms with Gasteiger partial charge in [-0.15, -0.1) is 0 Å². The summed E-state index contributed by atoms with van der Waals surface area (Å²) in [7, 11) is 2.00. The van der Waals surface area contributed by atoms with Crippen LogP contribution in [0.1, 0.15) is 30.1 Å². The molecule has 2 aliphatic rings. The van der Waals surface area contributed by atoms with E-state index in [4.69, 9.17) is 5.10 Å². The first-order valence-electron chi connectivity index (χ1n) is 6.91. The minimum absolute atomic E-state index is 0.288. The molecule has 2 aliphatic heterocycles. The van der Waals surface area contributed by atoms with Crippen molar-refractivity contribution < 1.29 is 0 Å². The van der Waals surface area contributed by atoms with Crippen LogP contribution < -0.4 is 10.6 Å². The van der Waals surface area contributed by atoms with Crippen LogP contribution in [0.5, 0.6) is 0 Å². The number of nitrogens with zero attached hydrogens (tertiary/aromatic N) is 4. The molecule has 2 N–H and O–H groups in total. The normalized spacial score (nSPS) is 21.2. The molecule has 2 aromatic rings. The van der Waals surface area contributed by atoms with E-state index >= 15 is 0 Å². The molecule has 0 bridgehead atoms. The molecule has 0 saturated carbocycles. The third-order valence-electron chi connectivity index (χ3n) is 4.11. The molecule has 0 aromatic carbocycles. The second-order valence-electron chi connectivity index (χ2n) is 5.26. The van der Waals surface area contributed by atoms with Gasteiger partial charge in [-0.2, -0.15) is 10.2 Å². The van der Waals surface area contributed by atoms with Gasteiger partial charge >= 0.3 is 0 Å². The van der Waals surface area contributed by atoms with E-state index in [-0.39, 0.29) is 6.04 Å². The van der Waals surface area contributed by atoms with E-state index in [9.17, 15) is 0 Å². The molecule has 0 amide bonds. The molecule has 19 heavy (non-hydrogen) atoms. The Morgan fingerprint density at radius 3 is 3.11 bits per heavy atom. The Hall–Kier alpha value is -1.98. The topological polar surface area (TPSA) is 59.7 Å². The average Bonchev–Trinajstić information content (AvgIpc) is 3.02. The predicted octanol–water partition coefficient (Wildman–Crippen LogP) is 1.38. The molecule has 2 aromatic heterocycles. The lowest BCUT2D eigenvalue weighted by Crippen LogP contribution is -2.26. The monoisotopic (exact) mass is 258 g/mol. The zero-order valence-corrected chi connectivity index (χ0v) is 11.1. The minimum atomic E-state index is 0.288. The fraction of sp³-hybridized carbons (Fsp3) is 0.538. The Labute approximate surface area is 111 Å². The summed E-state index contributed by atoms with van der Waals surface area (Å²) in [6.07, 6.45) is 5.21. The van der Waals surface area contributed by atoms with E-state index in [0.29, 0.717) is 0 Å². The van der Waals surface area contributed by atoms with Crippen molar-refractivity contribution in [3.05, 3.63) is 23.5 Å². The van der Waals surface area contributed by atoms with E-state index in [1.807, 2.05) is 17.9 Å². The SMILES string of the molecule is Cn1nccc1C1CCNc2c3c(nn21)NCCC3. The van der Waals surface area contributed by atoms with Crippen molar-refractivity contribution in [3.8, 4) is 0 Å². The highest BCUT2D eigenvalue weighted by Gasteiger charge is 2.29. The summed E-state index contributed by atoms with van der Waals surface area (Å²) >= 11 is 0. The number of rotatable bonds is 1. The van der Waals surface area contributed by atoms with Gasteiger partial charge in [0.1, 0.15) is 5.82 Å². The number of anilines is 2. The second-order valence-corrected chi connectivity index (χ2v) is 5.26. The third-order valence-corrected chi connectivity index (χ3v) is 4.11. The standard InChI is InChI=1S/C13H18N6/c1-18-10(5-8-16-18)11-4-7-15-13-9-3-2-6-14-12(9)17-19(11)13/h5,8,11,15H,2-4,6-7H2,1H3,(H,14,17). The highest BCUT2D eigenvalue weighted by Crippen LogP contribution is 2.36. The Morgan fingerprint density at radius 1 is 1.32 bits per heavy atom. The third kappa shape index (κ3) is 1.55. The van der Waals surface area contributed by atoms with E-state index in [2.05, 4.69) is 26.5 Å². The molecule has 0 saturated heterocycles. The summed E-state index contributed by atoms with van der Waals surface area (Å²) < 4.78 is 4.09. The van der Waals surface area contributed by atoms with Gasteiger partial charge in [-0.05, 0) is 25.3 Å². The first-order valence-corrected chi connectivity index (χ1v) is 6.91. The lowest BCUT2D eigenvalue weighted by molar-refractivity contribution is 0.453. The van der Waals surface area contributed by atoms with Crippen LogP contribution in [-0.4, -0.2) is 32.7 Å². The van der Waals surface area contributed by atoms with Gasteiger partial charge in [-0.1, -0.05) is 0 Å². The largest absolute Gasteiger partial charge is 0.370 e. The molecule has 6 nitrogen and oxygen atoms in total. The summed E-state index contributed by atoms with van der Waals surface area (Å²) in [5, 5.41) is 16.0. The van der Waals surface area contributed by atoms with Gasteiger partial charge in [-0.3, -0.25) is 4.68 Å². The molecule has 0 radical (unpaired) electrons. The Morgan fingerprint density at radius 2 is 2.26 bits per heavy atom. The molecule has 1 atom stereocenters. The highest BCUT2D eigenvalue weighted by atomic mass is 15.4. The fourth-order valence-electron chi connectivity index (χ4n) is 3.17. The van der Waals surface area contributed by atoms with Crippen LogP contribution >= 0.6 is 0 Å². The fourth-order valence-corrected chi connectivity index (χ4v) is 3.17. The molecule has 0 fully saturated rings. The van der Waals surface area contributed by atoms with Crippen molar-refractivity contribution in [2.75, 3.05) is 23.7 Å². The number of nitrogens with one attached hydrogen (secondary N) is 2. The summed E-state index contributed by atoms with van der Waals surface area (Å²) in [4.78, 5) is 0. The van der Waals surface area contributed by atoms with Crippen molar-refractivity contribution in [2.45, 2.75) is 25.3 Å². The molecule has 6 heteroatoms. The number of hydrogen-bond acceptors (Lipinski definition) is 4. The summed E-state index contributed by atoms with van der Waals surface area (Å²) in [6, 6.07) is 2.38. The van der Waals surface area contributed by atoms with Crippen LogP contribution in [0.15, 0.2) is 12.3 Å². The Balaban J connectivity index is 1.83. The van der Waals surface area contributed by atoms with Gasteiger partial charge in [0.05, 0.1) is 11.7 Å². The number of aryl methyl sites for hydroxylation is 1.